The number of carbonyl (C=O) groups excluding carboxylic acids is 1. The van der Waals surface area contributed by atoms with E-state index in [2.05, 4.69) is 31.2 Å². The van der Waals surface area contributed by atoms with Gasteiger partial charge in [0.15, 0.2) is 0 Å². The summed E-state index contributed by atoms with van der Waals surface area (Å²) in [5.74, 6) is -0.293. The van der Waals surface area contributed by atoms with E-state index < -0.39 is 0 Å². The zero-order valence-electron chi connectivity index (χ0n) is 15.8. The summed E-state index contributed by atoms with van der Waals surface area (Å²) < 4.78 is 1.18. The fourth-order valence-corrected chi connectivity index (χ4v) is 2.72. The molecule has 2 aromatic carbocycles. The third-order valence-electron chi connectivity index (χ3n) is 4.26. The number of benzene rings is 2. The lowest BCUT2D eigenvalue weighted by molar-refractivity contribution is -0.117. The summed E-state index contributed by atoms with van der Waals surface area (Å²) in [6, 6.07) is 20.4. The van der Waals surface area contributed by atoms with Gasteiger partial charge in [-0.15, -0.1) is 0 Å². The van der Waals surface area contributed by atoms with Crippen LogP contribution in [0.25, 0.3) is 11.3 Å². The molecule has 0 spiro atoms. The van der Waals surface area contributed by atoms with Crippen molar-refractivity contribution in [3.05, 3.63) is 82.6 Å². The number of rotatable bonds is 4. The van der Waals surface area contributed by atoms with Crippen molar-refractivity contribution in [1.29, 1.82) is 0 Å². The Morgan fingerprint density at radius 1 is 0.963 bits per heavy atom. The minimum Gasteiger partial charge on any atom is -0.324 e. The van der Waals surface area contributed by atoms with Gasteiger partial charge in [0.25, 0.3) is 5.56 Å². The smallest absolute Gasteiger partial charge is 0.267 e. The van der Waals surface area contributed by atoms with Gasteiger partial charge >= 0.3 is 0 Å². The van der Waals surface area contributed by atoms with Crippen molar-refractivity contribution in [2.24, 2.45) is 0 Å². The van der Waals surface area contributed by atoms with Crippen molar-refractivity contribution in [2.45, 2.75) is 32.7 Å². The first kappa shape index (κ1) is 18.6. The summed E-state index contributed by atoms with van der Waals surface area (Å²) in [4.78, 5) is 24.4. The second kappa shape index (κ2) is 7.58. The van der Waals surface area contributed by atoms with E-state index in [0.717, 1.165) is 5.56 Å². The van der Waals surface area contributed by atoms with Gasteiger partial charge in [0, 0.05) is 17.3 Å². The monoisotopic (exact) mass is 361 g/mol. The molecule has 1 N–H and O–H groups in total. The standard InChI is InChI=1S/C22H23N3O2/c1-22(2,3)17-9-11-18(12-10-17)23-20(26)15-25-21(27)14-13-19(24-25)16-7-5-4-6-8-16/h4-14H,15H2,1-3H3,(H,23,26). The Morgan fingerprint density at radius 3 is 2.26 bits per heavy atom. The summed E-state index contributed by atoms with van der Waals surface area (Å²) in [5.41, 5.74) is 3.17. The molecule has 0 saturated carbocycles. The highest BCUT2D eigenvalue weighted by molar-refractivity contribution is 5.90. The maximum absolute atomic E-state index is 12.4. The minimum absolute atomic E-state index is 0.0532. The zero-order valence-corrected chi connectivity index (χ0v) is 15.8. The highest BCUT2D eigenvalue weighted by atomic mass is 16.2. The lowest BCUT2D eigenvalue weighted by Gasteiger charge is -2.19. The Bertz CT molecular complexity index is 985. The van der Waals surface area contributed by atoms with Crippen LogP contribution in [0.5, 0.6) is 0 Å². The van der Waals surface area contributed by atoms with E-state index in [9.17, 15) is 9.59 Å². The van der Waals surface area contributed by atoms with E-state index in [1.54, 1.807) is 6.07 Å². The predicted molar refractivity (Wildman–Crippen MR) is 108 cm³/mol. The highest BCUT2D eigenvalue weighted by Gasteiger charge is 2.13. The first-order valence-electron chi connectivity index (χ1n) is 8.87. The molecule has 1 aromatic heterocycles. The molecule has 0 radical (unpaired) electrons. The largest absolute Gasteiger partial charge is 0.324 e. The van der Waals surface area contributed by atoms with E-state index in [-0.39, 0.29) is 23.4 Å². The molecule has 0 fully saturated rings. The Labute approximate surface area is 158 Å². The van der Waals surface area contributed by atoms with E-state index in [0.29, 0.717) is 11.4 Å². The summed E-state index contributed by atoms with van der Waals surface area (Å²) in [5, 5.41) is 7.13. The molecule has 1 heterocycles. The molecule has 0 aliphatic heterocycles. The van der Waals surface area contributed by atoms with Crippen LogP contribution in [0.3, 0.4) is 0 Å². The van der Waals surface area contributed by atoms with Gasteiger partial charge in [-0.05, 0) is 29.2 Å². The maximum Gasteiger partial charge on any atom is 0.267 e. The van der Waals surface area contributed by atoms with Crippen molar-refractivity contribution in [3.8, 4) is 11.3 Å². The van der Waals surface area contributed by atoms with Gasteiger partial charge in [-0.3, -0.25) is 9.59 Å². The molecule has 5 nitrogen and oxygen atoms in total. The molecule has 3 aromatic rings. The number of hydrogen-bond donors (Lipinski definition) is 1. The number of amides is 1. The number of carbonyl (C=O) groups is 1. The van der Waals surface area contributed by atoms with Crippen LogP contribution in [0.15, 0.2) is 71.5 Å². The van der Waals surface area contributed by atoms with E-state index >= 15 is 0 Å². The molecule has 0 atom stereocenters. The van der Waals surface area contributed by atoms with Gasteiger partial charge in [0.1, 0.15) is 6.54 Å². The minimum atomic E-state index is -0.312. The van der Waals surface area contributed by atoms with Gasteiger partial charge in [0.2, 0.25) is 5.91 Å². The number of anilines is 1. The van der Waals surface area contributed by atoms with Crippen molar-refractivity contribution in [1.82, 2.24) is 9.78 Å². The van der Waals surface area contributed by atoms with Crippen LogP contribution < -0.4 is 10.9 Å². The third kappa shape index (κ3) is 4.70. The Balaban J connectivity index is 1.73. The average molecular weight is 361 g/mol. The topological polar surface area (TPSA) is 64.0 Å². The van der Waals surface area contributed by atoms with Crippen molar-refractivity contribution < 1.29 is 4.79 Å². The van der Waals surface area contributed by atoms with Gasteiger partial charge in [-0.1, -0.05) is 63.2 Å². The van der Waals surface area contributed by atoms with E-state index in [4.69, 9.17) is 0 Å². The second-order valence-corrected chi connectivity index (χ2v) is 7.46. The quantitative estimate of drug-likeness (QED) is 0.768. The maximum atomic E-state index is 12.4. The van der Waals surface area contributed by atoms with Gasteiger partial charge in [0.05, 0.1) is 5.69 Å². The molecule has 0 aliphatic rings. The molecule has 3 rings (SSSR count). The molecule has 5 heteroatoms. The molecular formula is C22H23N3O2. The molecule has 138 valence electrons. The molecule has 27 heavy (non-hydrogen) atoms. The molecule has 0 aliphatic carbocycles. The SMILES string of the molecule is CC(C)(C)c1ccc(NC(=O)Cn2nc(-c3ccccc3)ccc2=O)cc1. The van der Waals surface area contributed by atoms with Crippen LogP contribution in [-0.2, 0) is 16.8 Å². The normalized spacial score (nSPS) is 11.2. The van der Waals surface area contributed by atoms with Crippen LogP contribution >= 0.6 is 0 Å². The van der Waals surface area contributed by atoms with Crippen LogP contribution in [0.2, 0.25) is 0 Å². The van der Waals surface area contributed by atoms with Gasteiger partial charge < -0.3 is 5.32 Å². The molecule has 0 bridgehead atoms. The van der Waals surface area contributed by atoms with Gasteiger partial charge in [-0.2, -0.15) is 5.10 Å². The molecular weight excluding hydrogens is 338 g/mol. The Kier molecular flexibility index (Phi) is 5.21. The van der Waals surface area contributed by atoms with Crippen LogP contribution in [-0.4, -0.2) is 15.7 Å². The summed E-state index contributed by atoms with van der Waals surface area (Å²) in [6.07, 6.45) is 0. The van der Waals surface area contributed by atoms with E-state index in [1.165, 1.54) is 16.3 Å². The van der Waals surface area contributed by atoms with Crippen LogP contribution in [0.4, 0.5) is 5.69 Å². The van der Waals surface area contributed by atoms with Crippen LogP contribution in [0, 0.1) is 0 Å². The number of nitrogens with one attached hydrogen (secondary N) is 1. The average Bonchev–Trinajstić information content (AvgIpc) is 2.64. The summed E-state index contributed by atoms with van der Waals surface area (Å²) >= 11 is 0. The van der Waals surface area contributed by atoms with Crippen molar-refractivity contribution in [3.63, 3.8) is 0 Å². The lowest BCUT2D eigenvalue weighted by Crippen LogP contribution is -2.29. The Morgan fingerprint density at radius 2 is 1.63 bits per heavy atom. The predicted octanol–water partition coefficient (Wildman–Crippen LogP) is 3.85. The Hall–Kier alpha value is -3.21. The van der Waals surface area contributed by atoms with Crippen LogP contribution in [0.1, 0.15) is 26.3 Å². The highest BCUT2D eigenvalue weighted by Crippen LogP contribution is 2.23. The number of hydrogen-bond acceptors (Lipinski definition) is 3. The van der Waals surface area contributed by atoms with Gasteiger partial charge in [-0.25, -0.2) is 4.68 Å². The van der Waals surface area contributed by atoms with Crippen molar-refractivity contribution >= 4 is 11.6 Å². The number of aromatic nitrogens is 2. The molecule has 1 amide bonds. The number of nitrogens with zero attached hydrogens (tertiary/aromatic N) is 2. The first-order valence-corrected chi connectivity index (χ1v) is 8.87. The fourth-order valence-electron chi connectivity index (χ4n) is 2.72. The zero-order chi connectivity index (χ0) is 19.4. The second-order valence-electron chi connectivity index (χ2n) is 7.46. The summed E-state index contributed by atoms with van der Waals surface area (Å²) in [7, 11) is 0. The van der Waals surface area contributed by atoms with Crippen molar-refractivity contribution in [2.75, 3.05) is 5.32 Å². The lowest BCUT2D eigenvalue weighted by atomic mass is 9.87. The fraction of sp³-hybridized carbons (Fsp3) is 0.227. The van der Waals surface area contributed by atoms with E-state index in [1.807, 2.05) is 54.6 Å². The third-order valence-corrected chi connectivity index (χ3v) is 4.26. The molecule has 0 saturated heterocycles. The summed E-state index contributed by atoms with van der Waals surface area (Å²) in [6.45, 7) is 6.27. The first-order chi connectivity index (χ1) is 12.8. The molecule has 0 unspecified atom stereocenters.